The summed E-state index contributed by atoms with van der Waals surface area (Å²) in [6.45, 7) is 2.39. The van der Waals surface area contributed by atoms with Crippen LogP contribution in [0, 0.1) is 17.2 Å². The predicted octanol–water partition coefficient (Wildman–Crippen LogP) is 2.58. The molecule has 94 valence electrons. The molecule has 1 aromatic rings. The lowest BCUT2D eigenvalue weighted by atomic mass is 10.1. The highest BCUT2D eigenvalue weighted by Gasteiger charge is 2.28. The van der Waals surface area contributed by atoms with E-state index in [1.54, 1.807) is 12.1 Å². The number of carbonyl (C=O) groups excluding carboxylic acids is 1. The summed E-state index contributed by atoms with van der Waals surface area (Å²) in [6, 6.07) is 6.78. The van der Waals surface area contributed by atoms with Crippen molar-refractivity contribution >= 4 is 23.2 Å². The van der Waals surface area contributed by atoms with E-state index in [1.165, 1.54) is 6.07 Å². The van der Waals surface area contributed by atoms with Gasteiger partial charge in [-0.15, -0.1) is 0 Å². The molecule has 1 amide bonds. The van der Waals surface area contributed by atoms with Crippen LogP contribution in [0.2, 0.25) is 5.02 Å². The Balaban J connectivity index is 2.06. The van der Waals surface area contributed by atoms with Crippen LogP contribution >= 0.6 is 11.6 Å². The van der Waals surface area contributed by atoms with Crippen LogP contribution in [-0.2, 0) is 9.53 Å². The second-order valence-electron chi connectivity index (χ2n) is 4.37. The molecule has 2 atom stereocenters. The zero-order valence-corrected chi connectivity index (χ0v) is 10.7. The van der Waals surface area contributed by atoms with E-state index >= 15 is 0 Å². The zero-order chi connectivity index (χ0) is 13.1. The van der Waals surface area contributed by atoms with Crippen LogP contribution < -0.4 is 5.32 Å². The molecule has 1 aromatic carbocycles. The van der Waals surface area contributed by atoms with Crippen LogP contribution in [0.1, 0.15) is 18.9 Å². The van der Waals surface area contributed by atoms with Gasteiger partial charge in [-0.2, -0.15) is 5.26 Å². The maximum atomic E-state index is 12.0. The van der Waals surface area contributed by atoms with Gasteiger partial charge in [0.15, 0.2) is 0 Å². The molecule has 0 radical (unpaired) electrons. The molecule has 2 rings (SSSR count). The number of amides is 1. The second-order valence-corrected chi connectivity index (χ2v) is 4.78. The van der Waals surface area contributed by atoms with Crippen molar-refractivity contribution in [1.82, 2.24) is 0 Å². The number of hydrogen-bond donors (Lipinski definition) is 1. The van der Waals surface area contributed by atoms with E-state index in [-0.39, 0.29) is 17.9 Å². The summed E-state index contributed by atoms with van der Waals surface area (Å²) in [6.07, 6.45) is 0.844. The lowest BCUT2D eigenvalue weighted by Crippen LogP contribution is -2.23. The van der Waals surface area contributed by atoms with E-state index in [2.05, 4.69) is 5.32 Å². The minimum absolute atomic E-state index is 0.0917. The number of rotatable bonds is 2. The van der Waals surface area contributed by atoms with Crippen LogP contribution in [0.5, 0.6) is 0 Å². The standard InChI is InChI=1S/C13H13ClN2O2/c1-8-4-10(7-18-8)13(17)16-12-3-2-9(6-15)5-11(12)14/h2-3,5,8,10H,4,7H2,1H3,(H,16,17). The molecular formula is C13H13ClN2O2. The van der Waals surface area contributed by atoms with Gasteiger partial charge in [-0.1, -0.05) is 11.6 Å². The molecule has 4 nitrogen and oxygen atoms in total. The van der Waals surface area contributed by atoms with Gasteiger partial charge in [0, 0.05) is 0 Å². The molecule has 0 aromatic heterocycles. The van der Waals surface area contributed by atoms with Gasteiger partial charge in [0.05, 0.1) is 41.0 Å². The number of nitriles is 1. The Bertz CT molecular complexity index is 510. The minimum Gasteiger partial charge on any atom is -0.378 e. The minimum atomic E-state index is -0.133. The highest BCUT2D eigenvalue weighted by molar-refractivity contribution is 6.33. The first-order valence-electron chi connectivity index (χ1n) is 5.72. The fourth-order valence-electron chi connectivity index (χ4n) is 1.92. The number of nitrogens with one attached hydrogen (secondary N) is 1. The Morgan fingerprint density at radius 1 is 1.61 bits per heavy atom. The summed E-state index contributed by atoms with van der Waals surface area (Å²) in [4.78, 5) is 12.0. The van der Waals surface area contributed by atoms with Gasteiger partial charge in [0.1, 0.15) is 0 Å². The van der Waals surface area contributed by atoms with Gasteiger partial charge in [-0.3, -0.25) is 4.79 Å². The molecule has 1 aliphatic rings. The maximum Gasteiger partial charge on any atom is 0.229 e. The van der Waals surface area contributed by atoms with E-state index < -0.39 is 0 Å². The van der Waals surface area contributed by atoms with Crippen molar-refractivity contribution in [3.05, 3.63) is 28.8 Å². The number of nitrogens with zero attached hydrogens (tertiary/aromatic N) is 1. The molecule has 18 heavy (non-hydrogen) atoms. The van der Waals surface area contributed by atoms with Gasteiger partial charge < -0.3 is 10.1 Å². The summed E-state index contributed by atoms with van der Waals surface area (Å²) in [7, 11) is 0. The molecular weight excluding hydrogens is 252 g/mol. The Kier molecular flexibility index (Phi) is 3.85. The molecule has 1 heterocycles. The largest absolute Gasteiger partial charge is 0.378 e. The number of ether oxygens (including phenoxy) is 1. The summed E-state index contributed by atoms with van der Waals surface area (Å²) < 4.78 is 5.35. The van der Waals surface area contributed by atoms with Crippen LogP contribution in [0.4, 0.5) is 5.69 Å². The molecule has 1 fully saturated rings. The third kappa shape index (κ3) is 2.81. The van der Waals surface area contributed by atoms with E-state index in [0.29, 0.717) is 22.9 Å². The Hall–Kier alpha value is -1.57. The SMILES string of the molecule is CC1CC(C(=O)Nc2ccc(C#N)cc2Cl)CO1. The quantitative estimate of drug-likeness (QED) is 0.893. The van der Waals surface area contributed by atoms with Crippen molar-refractivity contribution in [2.45, 2.75) is 19.4 Å². The summed E-state index contributed by atoms with van der Waals surface area (Å²) >= 11 is 5.99. The van der Waals surface area contributed by atoms with Crippen LogP contribution in [0.15, 0.2) is 18.2 Å². The highest BCUT2D eigenvalue weighted by Crippen LogP contribution is 2.25. The van der Waals surface area contributed by atoms with Crippen LogP contribution in [0.25, 0.3) is 0 Å². The van der Waals surface area contributed by atoms with Crippen molar-refractivity contribution in [3.63, 3.8) is 0 Å². The van der Waals surface area contributed by atoms with Gasteiger partial charge in [0.2, 0.25) is 5.91 Å². The van der Waals surface area contributed by atoms with E-state index in [1.807, 2.05) is 13.0 Å². The summed E-state index contributed by atoms with van der Waals surface area (Å²) in [5, 5.41) is 11.9. The average molecular weight is 265 g/mol. The smallest absolute Gasteiger partial charge is 0.229 e. The van der Waals surface area contributed by atoms with Crippen LogP contribution in [0.3, 0.4) is 0 Å². The highest BCUT2D eigenvalue weighted by atomic mass is 35.5. The van der Waals surface area contributed by atoms with Crippen molar-refractivity contribution in [2.24, 2.45) is 5.92 Å². The van der Waals surface area contributed by atoms with Crippen molar-refractivity contribution in [2.75, 3.05) is 11.9 Å². The molecule has 1 N–H and O–H groups in total. The molecule has 1 saturated heterocycles. The number of anilines is 1. The average Bonchev–Trinajstić information content (AvgIpc) is 2.78. The third-order valence-corrected chi connectivity index (χ3v) is 3.24. The predicted molar refractivity (Wildman–Crippen MR) is 68.3 cm³/mol. The Morgan fingerprint density at radius 3 is 2.94 bits per heavy atom. The lowest BCUT2D eigenvalue weighted by Gasteiger charge is -2.10. The lowest BCUT2D eigenvalue weighted by molar-refractivity contribution is -0.119. The normalized spacial score (nSPS) is 22.5. The molecule has 0 spiro atoms. The fourth-order valence-corrected chi connectivity index (χ4v) is 2.15. The topological polar surface area (TPSA) is 62.1 Å². The fraction of sp³-hybridized carbons (Fsp3) is 0.385. The van der Waals surface area contributed by atoms with E-state index in [0.717, 1.165) is 6.42 Å². The van der Waals surface area contributed by atoms with Gasteiger partial charge in [-0.05, 0) is 31.5 Å². The molecule has 0 saturated carbocycles. The number of hydrogen-bond acceptors (Lipinski definition) is 3. The molecule has 1 aliphatic heterocycles. The summed E-state index contributed by atoms with van der Waals surface area (Å²) in [5.74, 6) is -0.224. The van der Waals surface area contributed by atoms with Crippen molar-refractivity contribution in [1.29, 1.82) is 5.26 Å². The van der Waals surface area contributed by atoms with E-state index in [9.17, 15) is 4.79 Å². The van der Waals surface area contributed by atoms with Gasteiger partial charge >= 0.3 is 0 Å². The zero-order valence-electron chi connectivity index (χ0n) is 9.94. The summed E-state index contributed by atoms with van der Waals surface area (Å²) in [5.41, 5.74) is 0.996. The Morgan fingerprint density at radius 2 is 2.39 bits per heavy atom. The Labute approximate surface area is 111 Å². The first kappa shape index (κ1) is 12.9. The molecule has 5 heteroatoms. The molecule has 0 bridgehead atoms. The number of benzene rings is 1. The maximum absolute atomic E-state index is 12.0. The van der Waals surface area contributed by atoms with E-state index in [4.69, 9.17) is 21.6 Å². The van der Waals surface area contributed by atoms with Crippen molar-refractivity contribution < 1.29 is 9.53 Å². The monoisotopic (exact) mass is 264 g/mol. The third-order valence-electron chi connectivity index (χ3n) is 2.93. The molecule has 0 aliphatic carbocycles. The van der Waals surface area contributed by atoms with Crippen LogP contribution in [-0.4, -0.2) is 18.6 Å². The van der Waals surface area contributed by atoms with Gasteiger partial charge in [0.25, 0.3) is 0 Å². The number of carbonyl (C=O) groups is 1. The van der Waals surface area contributed by atoms with Gasteiger partial charge in [-0.25, -0.2) is 0 Å². The first-order valence-corrected chi connectivity index (χ1v) is 6.10. The van der Waals surface area contributed by atoms with Crippen molar-refractivity contribution in [3.8, 4) is 6.07 Å². The number of halogens is 1. The molecule has 2 unspecified atom stereocenters. The first-order chi connectivity index (χ1) is 8.60. The second kappa shape index (κ2) is 5.38.